The number of benzene rings is 2. The van der Waals surface area contributed by atoms with Gasteiger partial charge in [0.25, 0.3) is 0 Å². The predicted octanol–water partition coefficient (Wildman–Crippen LogP) is 4.02. The lowest BCUT2D eigenvalue weighted by atomic mass is 10.1. The molecule has 2 aliphatic rings. The molecule has 2 aliphatic heterocycles. The van der Waals surface area contributed by atoms with Gasteiger partial charge in [0, 0.05) is 50.9 Å². The van der Waals surface area contributed by atoms with Crippen LogP contribution < -0.4 is 10.2 Å². The zero-order valence-corrected chi connectivity index (χ0v) is 18.7. The maximum Gasteiger partial charge on any atom is 0.193 e. The summed E-state index contributed by atoms with van der Waals surface area (Å²) in [6, 6.07) is 21.2. The molecule has 1 N–H and O–H groups in total. The number of para-hydroxylation sites is 1. The molecule has 166 valence electrons. The van der Waals surface area contributed by atoms with Crippen LogP contribution in [0.2, 0.25) is 0 Å². The van der Waals surface area contributed by atoms with Crippen LogP contribution in [0.3, 0.4) is 0 Å². The molecular formula is C26H36N4O. The van der Waals surface area contributed by atoms with Gasteiger partial charge in [0.15, 0.2) is 5.96 Å². The summed E-state index contributed by atoms with van der Waals surface area (Å²) in [7, 11) is 0. The molecule has 5 nitrogen and oxygen atoms in total. The topological polar surface area (TPSA) is 40.1 Å². The van der Waals surface area contributed by atoms with E-state index in [0.29, 0.717) is 18.4 Å². The van der Waals surface area contributed by atoms with Crippen molar-refractivity contribution in [2.24, 2.45) is 16.8 Å². The van der Waals surface area contributed by atoms with Gasteiger partial charge in [0.2, 0.25) is 0 Å². The molecule has 2 atom stereocenters. The maximum atomic E-state index is 5.99. The Kier molecular flexibility index (Phi) is 7.83. The molecule has 4 rings (SSSR count). The van der Waals surface area contributed by atoms with Crippen molar-refractivity contribution in [2.45, 2.75) is 26.4 Å². The summed E-state index contributed by atoms with van der Waals surface area (Å²) in [4.78, 5) is 9.94. The molecule has 2 heterocycles. The van der Waals surface area contributed by atoms with Gasteiger partial charge in [-0.15, -0.1) is 0 Å². The van der Waals surface area contributed by atoms with Gasteiger partial charge in [-0.25, -0.2) is 0 Å². The standard InChI is InChI=1S/C26H36N4O/c1-2-27-26(28-17-23-13-15-29(18-23)25-11-7-4-8-12-25)30-16-14-24(19-30)21-31-20-22-9-5-3-6-10-22/h3-12,23-24H,2,13-21H2,1H3,(H,27,28). The van der Waals surface area contributed by atoms with Gasteiger partial charge >= 0.3 is 0 Å². The fourth-order valence-corrected chi connectivity index (χ4v) is 4.58. The van der Waals surface area contributed by atoms with Gasteiger partial charge in [0.05, 0.1) is 13.2 Å². The predicted molar refractivity (Wildman–Crippen MR) is 129 cm³/mol. The molecule has 2 fully saturated rings. The second kappa shape index (κ2) is 11.2. The van der Waals surface area contributed by atoms with E-state index in [0.717, 1.165) is 51.8 Å². The highest BCUT2D eigenvalue weighted by molar-refractivity contribution is 5.80. The van der Waals surface area contributed by atoms with Crippen molar-refractivity contribution in [3.05, 3.63) is 66.2 Å². The van der Waals surface area contributed by atoms with Gasteiger partial charge < -0.3 is 19.9 Å². The van der Waals surface area contributed by atoms with E-state index in [-0.39, 0.29) is 0 Å². The van der Waals surface area contributed by atoms with Crippen LogP contribution >= 0.6 is 0 Å². The summed E-state index contributed by atoms with van der Waals surface area (Å²) >= 11 is 0. The molecule has 2 aromatic carbocycles. The van der Waals surface area contributed by atoms with Crippen molar-refractivity contribution < 1.29 is 4.74 Å². The molecule has 31 heavy (non-hydrogen) atoms. The minimum Gasteiger partial charge on any atom is -0.376 e. The Hall–Kier alpha value is -2.53. The number of ether oxygens (including phenoxy) is 1. The minimum atomic E-state index is 0.577. The Labute approximate surface area is 187 Å². The minimum absolute atomic E-state index is 0.577. The average Bonchev–Trinajstić information content (AvgIpc) is 3.48. The van der Waals surface area contributed by atoms with Crippen molar-refractivity contribution in [1.29, 1.82) is 0 Å². The van der Waals surface area contributed by atoms with Crippen molar-refractivity contribution in [1.82, 2.24) is 10.2 Å². The summed E-state index contributed by atoms with van der Waals surface area (Å²) in [5, 5.41) is 3.52. The van der Waals surface area contributed by atoms with Crippen LogP contribution in [0.5, 0.6) is 0 Å². The summed E-state index contributed by atoms with van der Waals surface area (Å²) in [6.45, 7) is 9.80. The molecule has 0 aliphatic carbocycles. The number of anilines is 1. The first-order chi connectivity index (χ1) is 15.3. The Morgan fingerprint density at radius 2 is 1.71 bits per heavy atom. The summed E-state index contributed by atoms with van der Waals surface area (Å²) < 4.78 is 5.99. The first kappa shape index (κ1) is 21.7. The largest absolute Gasteiger partial charge is 0.376 e. The summed E-state index contributed by atoms with van der Waals surface area (Å²) in [6.07, 6.45) is 2.39. The van der Waals surface area contributed by atoms with E-state index in [1.54, 1.807) is 0 Å². The van der Waals surface area contributed by atoms with Crippen LogP contribution in [0.25, 0.3) is 0 Å². The number of guanidine groups is 1. The first-order valence-electron chi connectivity index (χ1n) is 11.8. The van der Waals surface area contributed by atoms with Gasteiger partial charge in [-0.3, -0.25) is 4.99 Å². The van der Waals surface area contributed by atoms with Gasteiger partial charge in [-0.1, -0.05) is 48.5 Å². The quantitative estimate of drug-likeness (QED) is 0.517. The number of hydrogen-bond donors (Lipinski definition) is 1. The number of aliphatic imine (C=N–C) groups is 1. The number of nitrogens with one attached hydrogen (secondary N) is 1. The lowest BCUT2D eigenvalue weighted by molar-refractivity contribution is 0.0906. The van der Waals surface area contributed by atoms with E-state index in [1.165, 1.54) is 24.1 Å². The van der Waals surface area contributed by atoms with Gasteiger partial charge in [-0.2, -0.15) is 0 Å². The van der Waals surface area contributed by atoms with E-state index >= 15 is 0 Å². The van der Waals surface area contributed by atoms with Crippen molar-refractivity contribution in [2.75, 3.05) is 50.8 Å². The van der Waals surface area contributed by atoms with Crippen LogP contribution in [0.4, 0.5) is 5.69 Å². The zero-order chi connectivity index (χ0) is 21.3. The van der Waals surface area contributed by atoms with E-state index in [4.69, 9.17) is 9.73 Å². The second-order valence-electron chi connectivity index (χ2n) is 8.73. The lowest BCUT2D eigenvalue weighted by Gasteiger charge is -2.22. The van der Waals surface area contributed by atoms with Crippen LogP contribution in [0.15, 0.2) is 65.7 Å². The van der Waals surface area contributed by atoms with E-state index < -0.39 is 0 Å². The molecular weight excluding hydrogens is 384 g/mol. The number of nitrogens with zero attached hydrogens (tertiary/aromatic N) is 3. The van der Waals surface area contributed by atoms with Crippen LogP contribution in [0, 0.1) is 11.8 Å². The fourth-order valence-electron chi connectivity index (χ4n) is 4.58. The highest BCUT2D eigenvalue weighted by Gasteiger charge is 2.26. The molecule has 0 radical (unpaired) electrons. The molecule has 5 heteroatoms. The van der Waals surface area contributed by atoms with Crippen molar-refractivity contribution in [3.8, 4) is 0 Å². The molecule has 0 spiro atoms. The highest BCUT2D eigenvalue weighted by Crippen LogP contribution is 2.24. The Morgan fingerprint density at radius 1 is 0.968 bits per heavy atom. The van der Waals surface area contributed by atoms with E-state index in [9.17, 15) is 0 Å². The first-order valence-corrected chi connectivity index (χ1v) is 11.8. The van der Waals surface area contributed by atoms with E-state index in [2.05, 4.69) is 76.6 Å². The Balaban J connectivity index is 1.24. The van der Waals surface area contributed by atoms with Crippen molar-refractivity contribution >= 4 is 11.6 Å². The molecule has 2 saturated heterocycles. The van der Waals surface area contributed by atoms with Crippen LogP contribution in [-0.4, -0.2) is 56.7 Å². The average molecular weight is 421 g/mol. The maximum absolute atomic E-state index is 5.99. The van der Waals surface area contributed by atoms with Crippen LogP contribution in [0.1, 0.15) is 25.3 Å². The van der Waals surface area contributed by atoms with Crippen LogP contribution in [-0.2, 0) is 11.3 Å². The fraction of sp³-hybridized carbons (Fsp3) is 0.500. The molecule has 0 saturated carbocycles. The molecule has 0 aromatic heterocycles. The number of hydrogen-bond acceptors (Lipinski definition) is 3. The van der Waals surface area contributed by atoms with Gasteiger partial charge in [0.1, 0.15) is 0 Å². The summed E-state index contributed by atoms with van der Waals surface area (Å²) in [5.41, 5.74) is 2.58. The van der Waals surface area contributed by atoms with Crippen molar-refractivity contribution in [3.63, 3.8) is 0 Å². The second-order valence-corrected chi connectivity index (χ2v) is 8.73. The third-order valence-corrected chi connectivity index (χ3v) is 6.29. The Bertz CT molecular complexity index is 811. The highest BCUT2D eigenvalue weighted by atomic mass is 16.5. The SMILES string of the molecule is CCNC(=NCC1CCN(c2ccccc2)C1)N1CCC(COCc2ccccc2)C1. The Morgan fingerprint density at radius 3 is 2.48 bits per heavy atom. The smallest absolute Gasteiger partial charge is 0.193 e. The normalized spacial score (nSPS) is 21.6. The molecule has 2 aromatic rings. The number of likely N-dealkylation sites (tertiary alicyclic amines) is 1. The summed E-state index contributed by atoms with van der Waals surface area (Å²) in [5.74, 6) is 2.28. The van der Waals surface area contributed by atoms with E-state index in [1.807, 2.05) is 6.07 Å². The third-order valence-electron chi connectivity index (χ3n) is 6.29. The monoisotopic (exact) mass is 420 g/mol. The molecule has 0 amide bonds. The number of rotatable bonds is 8. The zero-order valence-electron chi connectivity index (χ0n) is 18.7. The third kappa shape index (κ3) is 6.23. The van der Waals surface area contributed by atoms with Gasteiger partial charge in [-0.05, 0) is 43.4 Å². The lowest BCUT2D eigenvalue weighted by Crippen LogP contribution is -2.40. The molecule has 2 unspecified atom stereocenters. The molecule has 0 bridgehead atoms.